The van der Waals surface area contributed by atoms with Gasteiger partial charge in [-0.1, -0.05) is 269 Å². The molecule has 0 bridgehead atoms. The maximum Gasteiger partial charge on any atom is 0.268 e. The minimum absolute atomic E-state index is 0.00511. The van der Waals surface area contributed by atoms with Gasteiger partial charge in [0, 0.05) is 6.42 Å². The Kier molecular flexibility index (Phi) is 51.6. The van der Waals surface area contributed by atoms with E-state index in [0.29, 0.717) is 17.4 Å². The molecule has 0 aliphatic rings. The van der Waals surface area contributed by atoms with Gasteiger partial charge >= 0.3 is 0 Å². The molecule has 0 aliphatic heterocycles. The molecule has 2 N–H and O–H groups in total. The second-order valence-electron chi connectivity index (χ2n) is 22.0. The Morgan fingerprint density at radius 2 is 0.800 bits per heavy atom. The number of nitrogens with zero attached hydrogens (tertiary/aromatic N) is 1. The number of carbonyl (C=O) groups excluding carboxylic acids is 1. The number of phosphoric acid groups is 1. The first kappa shape index (κ1) is 68.7. The second-order valence-corrected chi connectivity index (χ2v) is 23.5. The molecule has 0 heterocycles. The van der Waals surface area contributed by atoms with Crippen LogP contribution in [0.2, 0.25) is 0 Å². The molecule has 0 radical (unpaired) electrons. The average Bonchev–Trinajstić information content (AvgIpc) is 3.32. The molecule has 0 saturated carbocycles. The normalized spacial score (nSPS) is 14.1. The van der Waals surface area contributed by atoms with E-state index in [1.807, 2.05) is 27.2 Å². The van der Waals surface area contributed by atoms with E-state index in [4.69, 9.17) is 9.05 Å². The lowest BCUT2D eigenvalue weighted by molar-refractivity contribution is -0.870. The lowest BCUT2D eigenvalue weighted by atomic mass is 10.0. The van der Waals surface area contributed by atoms with E-state index in [0.717, 1.165) is 38.5 Å². The topological polar surface area (TPSA) is 108 Å². The van der Waals surface area contributed by atoms with Crippen LogP contribution in [0.4, 0.5) is 0 Å². The smallest absolute Gasteiger partial charge is 0.268 e. The molecule has 0 spiro atoms. The SMILES string of the molecule is CCCCCCCCCCCC/C=C/CC/C=C/C(O)C(COP(=O)([O-])OCC[N+](C)(C)C)NC(=O)CCCCCCCCCCCCCCCCCC/C=C\CCCCCCCCCCCCCC. The summed E-state index contributed by atoms with van der Waals surface area (Å²) in [6.07, 6.45) is 68.2. The molecule has 0 aromatic carbocycles. The van der Waals surface area contributed by atoms with Crippen molar-refractivity contribution in [2.24, 2.45) is 0 Å². The first-order chi connectivity index (χ1) is 34.0. The first-order valence-corrected chi connectivity index (χ1v) is 31.8. The highest BCUT2D eigenvalue weighted by molar-refractivity contribution is 7.45. The zero-order valence-electron chi connectivity index (χ0n) is 47.2. The number of unbranched alkanes of at least 4 members (excludes halogenated alkanes) is 39. The van der Waals surface area contributed by atoms with Crippen molar-refractivity contribution in [3.63, 3.8) is 0 Å². The van der Waals surface area contributed by atoms with Crippen LogP contribution in [0, 0.1) is 0 Å². The van der Waals surface area contributed by atoms with Gasteiger partial charge in [0.05, 0.1) is 39.9 Å². The first-order valence-electron chi connectivity index (χ1n) is 30.4. The summed E-state index contributed by atoms with van der Waals surface area (Å²) in [6, 6.07) is -0.902. The molecule has 0 aromatic heterocycles. The lowest BCUT2D eigenvalue weighted by Crippen LogP contribution is -2.45. The Hall–Kier alpha value is -1.28. The standard InChI is InChI=1S/C61H119N2O6P/c1-6-8-10-12-14-16-18-20-22-24-25-26-27-28-29-30-31-32-33-34-35-36-37-38-39-41-43-45-47-49-51-53-55-61(65)62-59(58-69-70(66,67)68-57-56-63(3,4)5)60(64)54-52-50-48-46-44-42-40-23-21-19-17-15-13-11-9-7-2/h28-29,44,46,52,54,59-60,64H,6-27,30-43,45,47-51,53,55-58H2,1-5H3,(H-,62,65,66,67)/b29-28-,46-44+,54-52+. The van der Waals surface area contributed by atoms with Crippen LogP contribution in [0.3, 0.4) is 0 Å². The number of allylic oxidation sites excluding steroid dienone is 5. The molecule has 8 nitrogen and oxygen atoms in total. The van der Waals surface area contributed by atoms with Crippen LogP contribution in [0.25, 0.3) is 0 Å². The van der Waals surface area contributed by atoms with Crippen LogP contribution in [0.15, 0.2) is 36.5 Å². The van der Waals surface area contributed by atoms with E-state index >= 15 is 0 Å². The van der Waals surface area contributed by atoms with Crippen molar-refractivity contribution in [2.75, 3.05) is 40.9 Å². The molecule has 70 heavy (non-hydrogen) atoms. The van der Waals surface area contributed by atoms with Gasteiger partial charge in [-0.2, -0.15) is 0 Å². The predicted octanol–water partition coefficient (Wildman–Crippen LogP) is 17.9. The van der Waals surface area contributed by atoms with Gasteiger partial charge in [-0.05, 0) is 57.8 Å². The number of hydrogen-bond donors (Lipinski definition) is 2. The minimum Gasteiger partial charge on any atom is -0.756 e. The van der Waals surface area contributed by atoms with Crippen LogP contribution in [-0.2, 0) is 18.4 Å². The Balaban J connectivity index is 4.06. The van der Waals surface area contributed by atoms with Gasteiger partial charge in [-0.15, -0.1) is 0 Å². The van der Waals surface area contributed by atoms with Gasteiger partial charge in [0.15, 0.2) is 0 Å². The zero-order valence-corrected chi connectivity index (χ0v) is 48.1. The number of nitrogens with one attached hydrogen (secondary N) is 1. The van der Waals surface area contributed by atoms with E-state index in [-0.39, 0.29) is 19.1 Å². The van der Waals surface area contributed by atoms with Gasteiger partial charge in [0.1, 0.15) is 13.2 Å². The van der Waals surface area contributed by atoms with Crippen molar-refractivity contribution < 1.29 is 32.9 Å². The highest BCUT2D eigenvalue weighted by Gasteiger charge is 2.23. The number of aliphatic hydroxyl groups excluding tert-OH is 1. The highest BCUT2D eigenvalue weighted by Crippen LogP contribution is 2.38. The highest BCUT2D eigenvalue weighted by atomic mass is 31.2. The summed E-state index contributed by atoms with van der Waals surface area (Å²) in [7, 11) is 1.25. The Morgan fingerprint density at radius 1 is 0.486 bits per heavy atom. The quantitative estimate of drug-likeness (QED) is 0.0272. The fourth-order valence-electron chi connectivity index (χ4n) is 9.05. The molecule has 0 aliphatic carbocycles. The number of quaternary nitrogens is 1. The van der Waals surface area contributed by atoms with Crippen LogP contribution in [0.5, 0.6) is 0 Å². The van der Waals surface area contributed by atoms with Crippen molar-refractivity contribution in [1.29, 1.82) is 0 Å². The number of aliphatic hydroxyl groups is 1. The fourth-order valence-corrected chi connectivity index (χ4v) is 9.77. The molecule has 3 unspecified atom stereocenters. The van der Waals surface area contributed by atoms with Gasteiger partial charge < -0.3 is 28.8 Å². The number of likely N-dealkylation sites (N-methyl/N-ethyl adjacent to an activating group) is 1. The van der Waals surface area contributed by atoms with Crippen LogP contribution in [-0.4, -0.2) is 68.5 Å². The number of amides is 1. The molecular weight excluding hydrogens is 888 g/mol. The van der Waals surface area contributed by atoms with Crippen molar-refractivity contribution in [1.82, 2.24) is 5.32 Å². The summed E-state index contributed by atoms with van der Waals surface area (Å²) in [6.45, 7) is 4.66. The summed E-state index contributed by atoms with van der Waals surface area (Å²) in [4.78, 5) is 25.5. The molecule has 1 amide bonds. The fraction of sp³-hybridized carbons (Fsp3) is 0.885. The summed E-state index contributed by atoms with van der Waals surface area (Å²) in [5, 5.41) is 13.9. The summed E-state index contributed by atoms with van der Waals surface area (Å²) in [5.74, 6) is -0.203. The Labute approximate surface area is 436 Å². The van der Waals surface area contributed by atoms with Gasteiger partial charge in [-0.25, -0.2) is 0 Å². The van der Waals surface area contributed by atoms with Crippen molar-refractivity contribution in [3.05, 3.63) is 36.5 Å². The molecule has 0 fully saturated rings. The van der Waals surface area contributed by atoms with E-state index in [1.54, 1.807) is 6.08 Å². The third-order valence-electron chi connectivity index (χ3n) is 13.8. The summed E-state index contributed by atoms with van der Waals surface area (Å²) in [5.41, 5.74) is 0. The molecule has 0 saturated heterocycles. The van der Waals surface area contributed by atoms with E-state index < -0.39 is 20.0 Å². The molecule has 0 rings (SSSR count). The number of hydrogen-bond acceptors (Lipinski definition) is 6. The summed E-state index contributed by atoms with van der Waals surface area (Å²) >= 11 is 0. The van der Waals surface area contributed by atoms with E-state index in [9.17, 15) is 19.4 Å². The monoisotopic (exact) mass is 1010 g/mol. The average molecular weight is 1010 g/mol. The van der Waals surface area contributed by atoms with E-state index in [2.05, 4.69) is 43.5 Å². The van der Waals surface area contributed by atoms with Crippen LogP contribution in [0.1, 0.15) is 296 Å². The molecule has 3 atom stereocenters. The van der Waals surface area contributed by atoms with Crippen LogP contribution < -0.4 is 10.2 Å². The van der Waals surface area contributed by atoms with Crippen molar-refractivity contribution >= 4 is 13.7 Å². The largest absolute Gasteiger partial charge is 0.756 e. The number of rotatable bonds is 56. The number of phosphoric ester groups is 1. The second kappa shape index (κ2) is 52.6. The van der Waals surface area contributed by atoms with Gasteiger partial charge in [-0.3, -0.25) is 9.36 Å². The Morgan fingerprint density at radius 3 is 1.16 bits per heavy atom. The van der Waals surface area contributed by atoms with Gasteiger partial charge in [0.2, 0.25) is 5.91 Å². The predicted molar refractivity (Wildman–Crippen MR) is 302 cm³/mol. The minimum atomic E-state index is -4.60. The molecule has 414 valence electrons. The maximum absolute atomic E-state index is 13.0. The van der Waals surface area contributed by atoms with Gasteiger partial charge in [0.25, 0.3) is 7.82 Å². The van der Waals surface area contributed by atoms with Crippen molar-refractivity contribution in [2.45, 2.75) is 309 Å². The third kappa shape index (κ3) is 54.5. The van der Waals surface area contributed by atoms with Crippen LogP contribution >= 0.6 is 7.82 Å². The Bertz CT molecular complexity index is 1230. The molecular formula is C61H119N2O6P. The molecule has 0 aromatic rings. The molecule has 9 heteroatoms. The third-order valence-corrected chi connectivity index (χ3v) is 14.8. The maximum atomic E-state index is 13.0. The lowest BCUT2D eigenvalue weighted by Gasteiger charge is -2.29. The zero-order chi connectivity index (χ0) is 51.3. The number of carbonyl (C=O) groups is 1. The van der Waals surface area contributed by atoms with E-state index in [1.165, 1.54) is 238 Å². The van der Waals surface area contributed by atoms with Crippen molar-refractivity contribution in [3.8, 4) is 0 Å². The summed E-state index contributed by atoms with van der Waals surface area (Å²) < 4.78 is 23.3.